The van der Waals surface area contributed by atoms with Gasteiger partial charge in [-0.05, 0) is 25.6 Å². The Labute approximate surface area is 125 Å². The van der Waals surface area contributed by atoms with Crippen LogP contribution in [0.15, 0.2) is 12.1 Å². The highest BCUT2D eigenvalue weighted by molar-refractivity contribution is 5.94. The van der Waals surface area contributed by atoms with Gasteiger partial charge in [0.25, 0.3) is 5.91 Å². The number of aryl methyl sites for hydroxylation is 1. The van der Waals surface area contributed by atoms with Crippen molar-refractivity contribution in [3.05, 3.63) is 23.4 Å². The Kier molecular flexibility index (Phi) is 5.52. The average Bonchev–Trinajstić information content (AvgIpc) is 2.44. The van der Waals surface area contributed by atoms with Crippen LogP contribution in [-0.2, 0) is 11.2 Å². The van der Waals surface area contributed by atoms with Gasteiger partial charge in [-0.2, -0.15) is 0 Å². The Morgan fingerprint density at radius 2 is 2.38 bits per heavy atom. The van der Waals surface area contributed by atoms with Gasteiger partial charge in [-0.3, -0.25) is 4.79 Å². The number of anilines is 1. The largest absolute Gasteiger partial charge is 0.384 e. The monoisotopic (exact) mass is 292 g/mol. The van der Waals surface area contributed by atoms with Gasteiger partial charge in [0.15, 0.2) is 0 Å². The number of hydrogen-bond donors (Lipinski definition) is 2. The number of likely N-dealkylation sites (N-methyl/N-ethyl adjacent to an activating group) is 1. The Balaban J connectivity index is 1.93. The maximum absolute atomic E-state index is 12.2. The number of hydrogen-bond acceptors (Lipinski definition) is 5. The van der Waals surface area contributed by atoms with Crippen molar-refractivity contribution < 1.29 is 9.53 Å². The lowest BCUT2D eigenvalue weighted by Gasteiger charge is -2.30. The van der Waals surface area contributed by atoms with Crippen LogP contribution in [0.4, 0.5) is 5.82 Å². The quantitative estimate of drug-likeness (QED) is 0.834. The number of aromatic nitrogens is 1. The highest BCUT2D eigenvalue weighted by Gasteiger charge is 2.18. The normalized spacial score (nSPS) is 19.4. The van der Waals surface area contributed by atoms with Gasteiger partial charge in [0.2, 0.25) is 0 Å². The third-order valence-electron chi connectivity index (χ3n) is 3.50. The first-order chi connectivity index (χ1) is 10.1. The number of nitrogens with zero attached hydrogens (tertiary/aromatic N) is 2. The Morgan fingerprint density at radius 1 is 1.57 bits per heavy atom. The van der Waals surface area contributed by atoms with Crippen LogP contribution in [0.3, 0.4) is 0 Å². The van der Waals surface area contributed by atoms with E-state index in [2.05, 4.69) is 29.2 Å². The van der Waals surface area contributed by atoms with E-state index in [0.29, 0.717) is 24.5 Å². The molecule has 1 aromatic heterocycles. The van der Waals surface area contributed by atoms with Gasteiger partial charge < -0.3 is 20.7 Å². The number of nitrogen functional groups attached to an aromatic ring is 1. The van der Waals surface area contributed by atoms with Crippen molar-refractivity contribution in [1.82, 2.24) is 15.2 Å². The van der Waals surface area contributed by atoms with Gasteiger partial charge in [0, 0.05) is 30.9 Å². The summed E-state index contributed by atoms with van der Waals surface area (Å²) in [5.41, 5.74) is 7.18. The summed E-state index contributed by atoms with van der Waals surface area (Å²) in [6.07, 6.45) is 1.84. The molecule has 2 heterocycles. The van der Waals surface area contributed by atoms with Crippen molar-refractivity contribution in [2.24, 2.45) is 0 Å². The summed E-state index contributed by atoms with van der Waals surface area (Å²) >= 11 is 0. The van der Waals surface area contributed by atoms with E-state index in [-0.39, 0.29) is 12.0 Å². The fourth-order valence-electron chi connectivity index (χ4n) is 2.43. The molecule has 0 aliphatic carbocycles. The zero-order valence-corrected chi connectivity index (χ0v) is 12.8. The fourth-order valence-corrected chi connectivity index (χ4v) is 2.43. The molecule has 1 amide bonds. The van der Waals surface area contributed by atoms with Crippen molar-refractivity contribution in [3.63, 3.8) is 0 Å². The lowest BCUT2D eigenvalue weighted by atomic mass is 10.1. The summed E-state index contributed by atoms with van der Waals surface area (Å²) in [4.78, 5) is 18.6. The van der Waals surface area contributed by atoms with E-state index in [0.717, 1.165) is 31.6 Å². The number of carbonyl (C=O) groups is 1. The first kappa shape index (κ1) is 15.7. The van der Waals surface area contributed by atoms with Crippen LogP contribution < -0.4 is 11.1 Å². The topological polar surface area (TPSA) is 80.5 Å². The van der Waals surface area contributed by atoms with Crippen molar-refractivity contribution in [3.8, 4) is 0 Å². The Hall–Kier alpha value is -1.66. The van der Waals surface area contributed by atoms with Gasteiger partial charge in [-0.1, -0.05) is 13.3 Å². The molecule has 0 spiro atoms. The molecule has 1 aliphatic heterocycles. The summed E-state index contributed by atoms with van der Waals surface area (Å²) in [6.45, 7) is 5.06. The number of carbonyl (C=O) groups excluding carboxylic acids is 1. The van der Waals surface area contributed by atoms with E-state index in [1.807, 2.05) is 6.07 Å². The van der Waals surface area contributed by atoms with Gasteiger partial charge in [0.1, 0.15) is 5.82 Å². The number of nitrogens with two attached hydrogens (primary N) is 1. The molecule has 21 heavy (non-hydrogen) atoms. The van der Waals surface area contributed by atoms with Crippen LogP contribution in [0, 0.1) is 0 Å². The minimum absolute atomic E-state index is 0.0435. The van der Waals surface area contributed by atoms with Gasteiger partial charge in [-0.15, -0.1) is 0 Å². The lowest BCUT2D eigenvalue weighted by molar-refractivity contribution is -0.0175. The van der Waals surface area contributed by atoms with E-state index >= 15 is 0 Å². The molecule has 0 radical (unpaired) electrons. The van der Waals surface area contributed by atoms with Crippen molar-refractivity contribution in [2.45, 2.75) is 25.9 Å². The molecule has 3 N–H and O–H groups in total. The van der Waals surface area contributed by atoms with E-state index in [1.54, 1.807) is 6.07 Å². The first-order valence-corrected chi connectivity index (χ1v) is 7.43. The SMILES string of the molecule is CCCc1cc(C(=O)NCC2CN(C)CCO2)cc(N)n1. The summed E-state index contributed by atoms with van der Waals surface area (Å²) in [6, 6.07) is 3.42. The number of nitrogens with one attached hydrogen (secondary N) is 1. The molecule has 1 atom stereocenters. The van der Waals surface area contributed by atoms with Crippen LogP contribution in [0.1, 0.15) is 29.4 Å². The van der Waals surface area contributed by atoms with Crippen molar-refractivity contribution >= 4 is 11.7 Å². The van der Waals surface area contributed by atoms with Gasteiger partial charge in [-0.25, -0.2) is 4.98 Å². The number of morpholine rings is 1. The standard InChI is InChI=1S/C15H24N4O2/c1-3-4-12-7-11(8-14(16)18-12)15(20)17-9-13-10-19(2)5-6-21-13/h7-8,13H,3-6,9-10H2,1-2H3,(H2,16,18)(H,17,20). The molecule has 1 fully saturated rings. The van der Waals surface area contributed by atoms with Gasteiger partial charge >= 0.3 is 0 Å². The fraction of sp³-hybridized carbons (Fsp3) is 0.600. The summed E-state index contributed by atoms with van der Waals surface area (Å²) in [5, 5.41) is 2.91. The van der Waals surface area contributed by atoms with Crippen LogP contribution >= 0.6 is 0 Å². The Bertz CT molecular complexity index is 493. The predicted molar refractivity (Wildman–Crippen MR) is 82.2 cm³/mol. The molecule has 6 heteroatoms. The highest BCUT2D eigenvalue weighted by atomic mass is 16.5. The number of rotatable bonds is 5. The average molecular weight is 292 g/mol. The molecule has 0 saturated carbocycles. The van der Waals surface area contributed by atoms with E-state index in [1.165, 1.54) is 0 Å². The maximum Gasteiger partial charge on any atom is 0.251 e. The van der Waals surface area contributed by atoms with E-state index in [4.69, 9.17) is 10.5 Å². The minimum Gasteiger partial charge on any atom is -0.384 e. The molecule has 2 rings (SSSR count). The van der Waals surface area contributed by atoms with Crippen molar-refractivity contribution in [1.29, 1.82) is 0 Å². The molecule has 0 aromatic carbocycles. The third kappa shape index (κ3) is 4.68. The molecular formula is C15H24N4O2. The predicted octanol–water partition coefficient (Wildman–Crippen LogP) is 0.677. The molecule has 1 unspecified atom stereocenters. The smallest absolute Gasteiger partial charge is 0.251 e. The molecule has 1 aliphatic rings. The molecule has 1 saturated heterocycles. The molecule has 116 valence electrons. The first-order valence-electron chi connectivity index (χ1n) is 7.43. The van der Waals surface area contributed by atoms with Crippen LogP contribution in [0.5, 0.6) is 0 Å². The number of ether oxygens (including phenoxy) is 1. The third-order valence-corrected chi connectivity index (χ3v) is 3.50. The second-order valence-corrected chi connectivity index (χ2v) is 5.49. The number of pyridine rings is 1. The van der Waals surface area contributed by atoms with Crippen LogP contribution in [0.25, 0.3) is 0 Å². The molecule has 6 nitrogen and oxygen atoms in total. The second kappa shape index (κ2) is 7.38. The maximum atomic E-state index is 12.2. The second-order valence-electron chi connectivity index (χ2n) is 5.49. The van der Waals surface area contributed by atoms with E-state index in [9.17, 15) is 4.79 Å². The van der Waals surface area contributed by atoms with E-state index < -0.39 is 0 Å². The molecule has 0 bridgehead atoms. The van der Waals surface area contributed by atoms with Gasteiger partial charge in [0.05, 0.1) is 12.7 Å². The molecule has 1 aromatic rings. The number of amides is 1. The Morgan fingerprint density at radius 3 is 3.10 bits per heavy atom. The van der Waals surface area contributed by atoms with Crippen LogP contribution in [-0.4, -0.2) is 55.2 Å². The summed E-state index contributed by atoms with van der Waals surface area (Å²) in [5.74, 6) is 0.262. The zero-order chi connectivity index (χ0) is 15.2. The summed E-state index contributed by atoms with van der Waals surface area (Å²) in [7, 11) is 2.05. The van der Waals surface area contributed by atoms with Crippen molar-refractivity contribution in [2.75, 3.05) is 39.0 Å². The lowest BCUT2D eigenvalue weighted by Crippen LogP contribution is -2.45. The highest BCUT2D eigenvalue weighted by Crippen LogP contribution is 2.10. The summed E-state index contributed by atoms with van der Waals surface area (Å²) < 4.78 is 5.63. The molecular weight excluding hydrogens is 268 g/mol. The zero-order valence-electron chi connectivity index (χ0n) is 12.8. The minimum atomic E-state index is -0.127. The van der Waals surface area contributed by atoms with Crippen LogP contribution in [0.2, 0.25) is 0 Å².